The lowest BCUT2D eigenvalue weighted by atomic mass is 10.2. The normalized spacial score (nSPS) is 12.0. The zero-order valence-corrected chi connectivity index (χ0v) is 16.1. The van der Waals surface area contributed by atoms with Crippen LogP contribution in [0.15, 0.2) is 53.4 Å². The Labute approximate surface area is 159 Å². The molecule has 1 aromatic heterocycles. The van der Waals surface area contributed by atoms with Gasteiger partial charge < -0.3 is 0 Å². The third-order valence-corrected chi connectivity index (χ3v) is 5.70. The lowest BCUT2D eigenvalue weighted by molar-refractivity contribution is -0.115. The van der Waals surface area contributed by atoms with Crippen LogP contribution >= 0.6 is 34.7 Å². The number of hydrogen-bond acceptors (Lipinski definition) is 5. The molecule has 2 aromatic carbocycles. The minimum Gasteiger partial charge on any atom is -0.300 e. The molecule has 0 aliphatic rings. The van der Waals surface area contributed by atoms with Crippen molar-refractivity contribution >= 4 is 45.7 Å². The van der Waals surface area contributed by atoms with E-state index in [1.54, 1.807) is 0 Å². The van der Waals surface area contributed by atoms with E-state index in [4.69, 9.17) is 11.6 Å². The fourth-order valence-corrected chi connectivity index (χ4v) is 3.81. The Hall–Kier alpha value is -1.89. The minimum atomic E-state index is -0.257. The average molecular weight is 390 g/mol. The number of rotatable bonds is 5. The molecule has 3 rings (SSSR count). The van der Waals surface area contributed by atoms with E-state index in [-0.39, 0.29) is 11.2 Å². The molecule has 1 atom stereocenters. The summed E-state index contributed by atoms with van der Waals surface area (Å²) in [6.07, 6.45) is 0. The van der Waals surface area contributed by atoms with E-state index in [0.29, 0.717) is 10.2 Å². The lowest BCUT2D eigenvalue weighted by Crippen LogP contribution is -2.22. The summed E-state index contributed by atoms with van der Waals surface area (Å²) in [6.45, 7) is 3.89. The van der Waals surface area contributed by atoms with Crippen LogP contribution in [0.5, 0.6) is 0 Å². The highest BCUT2D eigenvalue weighted by Crippen LogP contribution is 2.28. The topological polar surface area (TPSA) is 54.9 Å². The van der Waals surface area contributed by atoms with Crippen LogP contribution in [0, 0.1) is 6.92 Å². The number of hydrogen-bond donors (Lipinski definition) is 1. The van der Waals surface area contributed by atoms with Gasteiger partial charge in [0.2, 0.25) is 11.0 Å². The molecule has 3 aromatic rings. The monoisotopic (exact) mass is 389 g/mol. The number of aryl methyl sites for hydroxylation is 1. The van der Waals surface area contributed by atoms with Crippen LogP contribution in [0.2, 0.25) is 5.02 Å². The number of carbonyl (C=O) groups is 1. The van der Waals surface area contributed by atoms with E-state index in [2.05, 4.69) is 15.5 Å². The van der Waals surface area contributed by atoms with E-state index in [9.17, 15) is 4.79 Å². The summed E-state index contributed by atoms with van der Waals surface area (Å²) in [7, 11) is 0. The molecule has 25 heavy (non-hydrogen) atoms. The van der Waals surface area contributed by atoms with Gasteiger partial charge in [0.15, 0.2) is 0 Å². The van der Waals surface area contributed by atoms with Crippen molar-refractivity contribution in [3.05, 3.63) is 59.1 Å². The zero-order valence-electron chi connectivity index (χ0n) is 13.7. The number of aromatic nitrogens is 2. The second-order valence-corrected chi connectivity index (χ2v) is 8.31. The second-order valence-electron chi connectivity index (χ2n) is 5.48. The van der Waals surface area contributed by atoms with E-state index in [1.165, 1.54) is 28.7 Å². The summed E-state index contributed by atoms with van der Waals surface area (Å²) in [4.78, 5) is 13.3. The number of benzene rings is 2. The van der Waals surface area contributed by atoms with Gasteiger partial charge >= 0.3 is 0 Å². The third kappa shape index (κ3) is 4.81. The Bertz CT molecular complexity index is 863. The number of carbonyl (C=O) groups excluding carboxylic acids is 1. The smallest absolute Gasteiger partial charge is 0.239 e. The molecule has 0 spiro atoms. The fraction of sp³-hybridized carbons (Fsp3) is 0.167. The van der Waals surface area contributed by atoms with Gasteiger partial charge in [0.25, 0.3) is 0 Å². The van der Waals surface area contributed by atoms with E-state index >= 15 is 0 Å². The summed E-state index contributed by atoms with van der Waals surface area (Å²) < 4.78 is 0. The van der Waals surface area contributed by atoms with Crippen LogP contribution < -0.4 is 5.32 Å². The van der Waals surface area contributed by atoms with Gasteiger partial charge in [-0.3, -0.25) is 10.1 Å². The van der Waals surface area contributed by atoms with Crippen LogP contribution in [-0.2, 0) is 4.79 Å². The van der Waals surface area contributed by atoms with Crippen molar-refractivity contribution in [3.63, 3.8) is 0 Å². The first-order valence-electron chi connectivity index (χ1n) is 7.65. The van der Waals surface area contributed by atoms with Crippen molar-refractivity contribution in [2.75, 3.05) is 5.32 Å². The number of nitrogens with one attached hydrogen (secondary N) is 1. The number of thioether (sulfide) groups is 1. The molecule has 0 aliphatic carbocycles. The predicted molar refractivity (Wildman–Crippen MR) is 105 cm³/mol. The highest BCUT2D eigenvalue weighted by molar-refractivity contribution is 8.00. The first kappa shape index (κ1) is 17.9. The van der Waals surface area contributed by atoms with Crippen molar-refractivity contribution in [1.29, 1.82) is 0 Å². The first-order chi connectivity index (χ1) is 12.0. The highest BCUT2D eigenvalue weighted by atomic mass is 35.5. The number of amides is 1. The Balaban J connectivity index is 1.62. The van der Waals surface area contributed by atoms with E-state index in [1.807, 2.05) is 62.4 Å². The largest absolute Gasteiger partial charge is 0.300 e. The second kappa shape index (κ2) is 7.99. The third-order valence-electron chi connectivity index (χ3n) is 3.45. The van der Waals surface area contributed by atoms with Crippen molar-refractivity contribution in [3.8, 4) is 10.6 Å². The van der Waals surface area contributed by atoms with Crippen LogP contribution in [0.3, 0.4) is 0 Å². The number of halogens is 1. The summed E-state index contributed by atoms with van der Waals surface area (Å²) in [5.74, 6) is -0.105. The van der Waals surface area contributed by atoms with Crippen molar-refractivity contribution in [1.82, 2.24) is 10.2 Å². The van der Waals surface area contributed by atoms with E-state index in [0.717, 1.165) is 15.5 Å². The van der Waals surface area contributed by atoms with Gasteiger partial charge in [0.05, 0.1) is 5.25 Å². The zero-order chi connectivity index (χ0) is 17.8. The highest BCUT2D eigenvalue weighted by Gasteiger charge is 2.17. The number of nitrogens with zero attached hydrogens (tertiary/aromatic N) is 2. The maximum Gasteiger partial charge on any atom is 0.239 e. The summed E-state index contributed by atoms with van der Waals surface area (Å²) in [6, 6.07) is 15.5. The van der Waals surface area contributed by atoms with Crippen molar-refractivity contribution in [2.45, 2.75) is 24.0 Å². The molecule has 0 fully saturated rings. The SMILES string of the molecule is Cc1ccc(-c2nnc(NC(=O)C(C)Sc3ccc(Cl)cc3)s2)cc1. The summed E-state index contributed by atoms with van der Waals surface area (Å²) in [5.41, 5.74) is 2.18. The molecule has 1 N–H and O–H groups in total. The van der Waals surface area contributed by atoms with Gasteiger partial charge in [-0.25, -0.2) is 0 Å². The summed E-state index contributed by atoms with van der Waals surface area (Å²) in [5, 5.41) is 12.8. The van der Waals surface area contributed by atoms with Crippen LogP contribution in [-0.4, -0.2) is 21.4 Å². The Kier molecular flexibility index (Phi) is 5.73. The van der Waals surface area contributed by atoms with Crippen LogP contribution in [0.4, 0.5) is 5.13 Å². The standard InChI is InChI=1S/C18H16ClN3OS2/c1-11-3-5-13(6-4-11)17-21-22-18(25-17)20-16(23)12(2)24-15-9-7-14(19)8-10-15/h3-10,12H,1-2H3,(H,20,22,23). The lowest BCUT2D eigenvalue weighted by Gasteiger charge is -2.10. The van der Waals surface area contributed by atoms with Crippen LogP contribution in [0.1, 0.15) is 12.5 Å². The van der Waals surface area contributed by atoms with Crippen molar-refractivity contribution in [2.24, 2.45) is 0 Å². The first-order valence-corrected chi connectivity index (χ1v) is 9.72. The van der Waals surface area contributed by atoms with Gasteiger partial charge in [-0.2, -0.15) is 0 Å². The molecule has 7 heteroatoms. The van der Waals surface area contributed by atoms with Crippen molar-refractivity contribution < 1.29 is 4.79 Å². The molecule has 0 saturated heterocycles. The van der Waals surface area contributed by atoms with E-state index < -0.39 is 0 Å². The molecular weight excluding hydrogens is 374 g/mol. The van der Waals surface area contributed by atoms with Gasteiger partial charge in [-0.1, -0.05) is 52.8 Å². The molecule has 0 bridgehead atoms. The molecule has 4 nitrogen and oxygen atoms in total. The molecule has 1 amide bonds. The maximum atomic E-state index is 12.4. The van der Waals surface area contributed by atoms with Gasteiger partial charge in [0, 0.05) is 15.5 Å². The predicted octanol–water partition coefficient (Wildman–Crippen LogP) is 5.29. The molecule has 0 saturated carbocycles. The molecule has 1 heterocycles. The minimum absolute atomic E-state index is 0.105. The Morgan fingerprint density at radius 2 is 1.80 bits per heavy atom. The van der Waals surface area contributed by atoms with Crippen LogP contribution in [0.25, 0.3) is 10.6 Å². The summed E-state index contributed by atoms with van der Waals surface area (Å²) >= 11 is 8.71. The molecular formula is C18H16ClN3OS2. The fourth-order valence-electron chi connectivity index (χ4n) is 2.06. The molecule has 128 valence electrons. The number of anilines is 1. The van der Waals surface area contributed by atoms with Gasteiger partial charge in [-0.15, -0.1) is 22.0 Å². The Morgan fingerprint density at radius 3 is 2.48 bits per heavy atom. The average Bonchev–Trinajstić information content (AvgIpc) is 3.06. The molecule has 1 unspecified atom stereocenters. The maximum absolute atomic E-state index is 12.4. The Morgan fingerprint density at radius 1 is 1.12 bits per heavy atom. The quantitative estimate of drug-likeness (QED) is 0.602. The molecule has 0 radical (unpaired) electrons. The molecule has 0 aliphatic heterocycles. The van der Waals surface area contributed by atoms with Gasteiger partial charge in [-0.05, 0) is 38.1 Å². The van der Waals surface area contributed by atoms with Gasteiger partial charge in [0.1, 0.15) is 5.01 Å².